The zero-order valence-electron chi connectivity index (χ0n) is 11.6. The van der Waals surface area contributed by atoms with Crippen molar-refractivity contribution >= 4 is 27.7 Å². The average molecular weight is 330 g/mol. The Kier molecular flexibility index (Phi) is 4.50. The Bertz CT molecular complexity index is 473. The third kappa shape index (κ3) is 2.63. The van der Waals surface area contributed by atoms with E-state index in [0.29, 0.717) is 13.2 Å². The highest BCUT2D eigenvalue weighted by Gasteiger charge is 2.35. The van der Waals surface area contributed by atoms with Gasteiger partial charge in [0.15, 0.2) is 0 Å². The Morgan fingerprint density at radius 1 is 1.58 bits per heavy atom. The highest BCUT2D eigenvalue weighted by atomic mass is 79.9. The van der Waals surface area contributed by atoms with Crippen molar-refractivity contribution < 1.29 is 9.53 Å². The lowest BCUT2D eigenvalue weighted by molar-refractivity contribution is -0.149. The second-order valence-corrected chi connectivity index (χ2v) is 5.58. The third-order valence-corrected chi connectivity index (χ3v) is 4.29. The summed E-state index contributed by atoms with van der Waals surface area (Å²) in [6, 6.07) is 0.0113. The van der Waals surface area contributed by atoms with Gasteiger partial charge in [-0.3, -0.25) is 4.79 Å². The molecule has 1 aromatic heterocycles. The Morgan fingerprint density at radius 3 is 2.95 bits per heavy atom. The molecule has 106 valence electrons. The van der Waals surface area contributed by atoms with Gasteiger partial charge in [0.1, 0.15) is 5.82 Å². The van der Waals surface area contributed by atoms with Crippen molar-refractivity contribution in [1.29, 1.82) is 0 Å². The number of nitrogens with zero attached hydrogens (tertiary/aromatic N) is 2. The minimum atomic E-state index is -0.186. The van der Waals surface area contributed by atoms with Crippen LogP contribution in [0.25, 0.3) is 0 Å². The van der Waals surface area contributed by atoms with Gasteiger partial charge in [-0.2, -0.15) is 5.10 Å². The molecule has 2 heterocycles. The van der Waals surface area contributed by atoms with Crippen molar-refractivity contribution in [1.82, 2.24) is 9.78 Å². The Balaban J connectivity index is 2.26. The molecule has 0 spiro atoms. The van der Waals surface area contributed by atoms with Gasteiger partial charge in [-0.1, -0.05) is 13.3 Å². The first-order valence-corrected chi connectivity index (χ1v) is 7.56. The molecule has 1 aliphatic heterocycles. The van der Waals surface area contributed by atoms with Crippen molar-refractivity contribution in [2.45, 2.75) is 39.7 Å². The number of aromatic nitrogens is 2. The number of hydrogen-bond acceptors (Lipinski definition) is 4. The summed E-state index contributed by atoms with van der Waals surface area (Å²) < 4.78 is 8.04. The lowest BCUT2D eigenvalue weighted by atomic mass is 10.00. The molecule has 1 aliphatic rings. The smallest absolute Gasteiger partial charge is 0.312 e. The minimum Gasteiger partial charge on any atom is -0.466 e. The van der Waals surface area contributed by atoms with E-state index < -0.39 is 0 Å². The van der Waals surface area contributed by atoms with E-state index in [2.05, 4.69) is 33.3 Å². The van der Waals surface area contributed by atoms with Gasteiger partial charge in [0, 0.05) is 6.54 Å². The second kappa shape index (κ2) is 5.94. The van der Waals surface area contributed by atoms with Crippen molar-refractivity contribution in [2.75, 3.05) is 18.5 Å². The SMILES string of the molecule is CCCc1nn2c(c1Br)NCC(C(=O)OCC)C2C. The number of nitrogens with one attached hydrogen (secondary N) is 1. The molecule has 1 aromatic rings. The molecule has 6 heteroatoms. The number of halogens is 1. The maximum atomic E-state index is 11.9. The van der Waals surface area contributed by atoms with Crippen LogP contribution in [0.15, 0.2) is 4.47 Å². The van der Waals surface area contributed by atoms with Crippen molar-refractivity contribution in [2.24, 2.45) is 5.92 Å². The lowest BCUT2D eigenvalue weighted by Gasteiger charge is -2.29. The summed E-state index contributed by atoms with van der Waals surface area (Å²) in [5, 5.41) is 7.90. The van der Waals surface area contributed by atoms with Crippen LogP contribution < -0.4 is 5.32 Å². The maximum Gasteiger partial charge on any atom is 0.312 e. The predicted octanol–water partition coefficient (Wildman–Crippen LogP) is 2.76. The standard InChI is InChI=1S/C13H20BrN3O2/c1-4-6-10-11(14)12-15-7-9(13(18)19-5-2)8(3)17(12)16-10/h8-9,15H,4-7H2,1-3H3. The summed E-state index contributed by atoms with van der Waals surface area (Å²) in [7, 11) is 0. The highest BCUT2D eigenvalue weighted by Crippen LogP contribution is 2.36. The Morgan fingerprint density at radius 2 is 2.32 bits per heavy atom. The van der Waals surface area contributed by atoms with Gasteiger partial charge in [-0.05, 0) is 36.2 Å². The number of aryl methyl sites for hydroxylation is 1. The van der Waals surface area contributed by atoms with Gasteiger partial charge >= 0.3 is 5.97 Å². The molecule has 0 saturated heterocycles. The number of ether oxygens (including phenoxy) is 1. The average Bonchev–Trinajstić information content (AvgIpc) is 2.69. The molecule has 2 atom stereocenters. The molecule has 5 nitrogen and oxygen atoms in total. The molecule has 0 aromatic carbocycles. The quantitative estimate of drug-likeness (QED) is 0.863. The first-order valence-electron chi connectivity index (χ1n) is 6.77. The van der Waals surface area contributed by atoms with E-state index >= 15 is 0 Å². The topological polar surface area (TPSA) is 56.2 Å². The molecule has 0 fully saturated rings. The first-order chi connectivity index (χ1) is 9.10. The number of anilines is 1. The largest absolute Gasteiger partial charge is 0.466 e. The summed E-state index contributed by atoms with van der Waals surface area (Å²) in [5.41, 5.74) is 1.04. The van der Waals surface area contributed by atoms with E-state index in [1.54, 1.807) is 0 Å². The van der Waals surface area contributed by atoms with E-state index in [0.717, 1.165) is 28.8 Å². The summed E-state index contributed by atoms with van der Waals surface area (Å²) >= 11 is 3.59. The number of fused-ring (bicyclic) bond motifs is 1. The van der Waals surface area contributed by atoms with Crippen LogP contribution in [0.1, 0.15) is 38.9 Å². The van der Waals surface area contributed by atoms with Crippen LogP contribution in [0.4, 0.5) is 5.82 Å². The van der Waals surface area contributed by atoms with Crippen LogP contribution in [0.2, 0.25) is 0 Å². The zero-order chi connectivity index (χ0) is 14.0. The van der Waals surface area contributed by atoms with Crippen LogP contribution >= 0.6 is 15.9 Å². The van der Waals surface area contributed by atoms with Crippen molar-refractivity contribution in [3.8, 4) is 0 Å². The highest BCUT2D eigenvalue weighted by molar-refractivity contribution is 9.10. The molecule has 0 bridgehead atoms. The zero-order valence-corrected chi connectivity index (χ0v) is 13.2. The van der Waals surface area contributed by atoms with E-state index in [-0.39, 0.29) is 17.9 Å². The first kappa shape index (κ1) is 14.4. The molecule has 2 unspecified atom stereocenters. The summed E-state index contributed by atoms with van der Waals surface area (Å²) in [6.45, 7) is 6.98. The van der Waals surface area contributed by atoms with Gasteiger partial charge in [-0.15, -0.1) is 0 Å². The van der Waals surface area contributed by atoms with E-state index in [9.17, 15) is 4.79 Å². The molecule has 2 rings (SSSR count). The van der Waals surface area contributed by atoms with E-state index in [1.807, 2.05) is 18.5 Å². The molecular weight excluding hydrogens is 310 g/mol. The molecule has 0 amide bonds. The summed E-state index contributed by atoms with van der Waals surface area (Å²) in [5.74, 6) is 0.627. The van der Waals surface area contributed by atoms with Crippen LogP contribution in [0, 0.1) is 5.92 Å². The number of hydrogen-bond donors (Lipinski definition) is 1. The van der Waals surface area contributed by atoms with Gasteiger partial charge in [0.05, 0.1) is 28.7 Å². The van der Waals surface area contributed by atoms with Crippen LogP contribution in [0.3, 0.4) is 0 Å². The molecule has 1 N–H and O–H groups in total. The minimum absolute atomic E-state index is 0.0113. The molecule has 0 aliphatic carbocycles. The van der Waals surface area contributed by atoms with Gasteiger partial charge < -0.3 is 10.1 Å². The summed E-state index contributed by atoms with van der Waals surface area (Å²) in [4.78, 5) is 11.9. The van der Waals surface area contributed by atoms with Crippen molar-refractivity contribution in [3.63, 3.8) is 0 Å². The van der Waals surface area contributed by atoms with Crippen LogP contribution in [0.5, 0.6) is 0 Å². The number of carbonyl (C=O) groups is 1. The fourth-order valence-corrected chi connectivity index (χ4v) is 2.99. The second-order valence-electron chi connectivity index (χ2n) is 4.78. The molecular formula is C13H20BrN3O2. The Hall–Kier alpha value is -1.04. The number of rotatable bonds is 4. The normalized spacial score (nSPS) is 21.7. The van der Waals surface area contributed by atoms with Gasteiger partial charge in [0.2, 0.25) is 0 Å². The van der Waals surface area contributed by atoms with E-state index in [4.69, 9.17) is 4.74 Å². The molecule has 0 radical (unpaired) electrons. The van der Waals surface area contributed by atoms with E-state index in [1.165, 1.54) is 0 Å². The monoisotopic (exact) mass is 329 g/mol. The molecule has 0 saturated carbocycles. The third-order valence-electron chi connectivity index (χ3n) is 3.45. The number of carbonyl (C=O) groups excluding carboxylic acids is 1. The maximum absolute atomic E-state index is 11.9. The predicted molar refractivity (Wildman–Crippen MR) is 77.2 cm³/mol. The molecule has 19 heavy (non-hydrogen) atoms. The number of esters is 1. The van der Waals surface area contributed by atoms with Crippen LogP contribution in [-0.2, 0) is 16.0 Å². The lowest BCUT2D eigenvalue weighted by Crippen LogP contribution is -2.37. The summed E-state index contributed by atoms with van der Waals surface area (Å²) in [6.07, 6.45) is 1.98. The van der Waals surface area contributed by atoms with Crippen LogP contribution in [-0.4, -0.2) is 28.9 Å². The van der Waals surface area contributed by atoms with Gasteiger partial charge in [-0.25, -0.2) is 4.68 Å². The fraction of sp³-hybridized carbons (Fsp3) is 0.692. The fourth-order valence-electron chi connectivity index (χ4n) is 2.39. The van der Waals surface area contributed by atoms with Crippen molar-refractivity contribution in [3.05, 3.63) is 10.2 Å². The van der Waals surface area contributed by atoms with Gasteiger partial charge in [0.25, 0.3) is 0 Å². The Labute approximate surface area is 121 Å².